The van der Waals surface area contributed by atoms with Gasteiger partial charge in [-0.25, -0.2) is 0 Å². The van der Waals surface area contributed by atoms with Gasteiger partial charge < -0.3 is 10.1 Å². The Labute approximate surface area is 149 Å². The van der Waals surface area contributed by atoms with Crippen molar-refractivity contribution in [3.63, 3.8) is 0 Å². The van der Waals surface area contributed by atoms with E-state index in [0.717, 1.165) is 12.8 Å². The van der Waals surface area contributed by atoms with Crippen molar-refractivity contribution in [3.05, 3.63) is 65.2 Å². The lowest BCUT2D eigenvalue weighted by Gasteiger charge is -2.20. The Hall–Kier alpha value is -2.00. The molecule has 0 saturated carbocycles. The Bertz CT molecular complexity index is 628. The maximum absolute atomic E-state index is 12.4. The maximum atomic E-state index is 12.4. The SMILES string of the molecule is CC[C@@H](Oc1ccc(Cl)cc1)C(=O)N[C@H](C)CCc1ccccc1. The number of aryl methyl sites for hydroxylation is 1. The lowest BCUT2D eigenvalue weighted by Crippen LogP contribution is -2.42. The second-order valence-electron chi connectivity index (χ2n) is 5.90. The number of carbonyl (C=O) groups excluding carboxylic acids is 1. The minimum Gasteiger partial charge on any atom is -0.481 e. The highest BCUT2D eigenvalue weighted by Crippen LogP contribution is 2.18. The van der Waals surface area contributed by atoms with Gasteiger partial charge in [0.15, 0.2) is 6.10 Å². The molecule has 0 unspecified atom stereocenters. The summed E-state index contributed by atoms with van der Waals surface area (Å²) >= 11 is 5.86. The van der Waals surface area contributed by atoms with E-state index in [4.69, 9.17) is 16.3 Å². The fraction of sp³-hybridized carbons (Fsp3) is 0.350. The predicted molar refractivity (Wildman–Crippen MR) is 98.5 cm³/mol. The van der Waals surface area contributed by atoms with E-state index in [9.17, 15) is 4.79 Å². The van der Waals surface area contributed by atoms with Crippen LogP contribution in [-0.4, -0.2) is 18.1 Å². The molecular weight excluding hydrogens is 322 g/mol. The molecule has 3 nitrogen and oxygen atoms in total. The first-order valence-electron chi connectivity index (χ1n) is 8.35. The second-order valence-corrected chi connectivity index (χ2v) is 6.34. The van der Waals surface area contributed by atoms with Gasteiger partial charge in [0.05, 0.1) is 0 Å². The lowest BCUT2D eigenvalue weighted by molar-refractivity contribution is -0.128. The molecule has 2 atom stereocenters. The van der Waals surface area contributed by atoms with Gasteiger partial charge in [-0.05, 0) is 56.0 Å². The smallest absolute Gasteiger partial charge is 0.261 e. The van der Waals surface area contributed by atoms with Gasteiger partial charge in [-0.1, -0.05) is 48.9 Å². The van der Waals surface area contributed by atoms with Crippen LogP contribution in [0.25, 0.3) is 0 Å². The molecular formula is C20H24ClNO2. The van der Waals surface area contributed by atoms with Gasteiger partial charge >= 0.3 is 0 Å². The Morgan fingerprint density at radius 2 is 1.79 bits per heavy atom. The van der Waals surface area contributed by atoms with Crippen molar-refractivity contribution in [2.75, 3.05) is 0 Å². The van der Waals surface area contributed by atoms with E-state index < -0.39 is 6.10 Å². The molecule has 1 amide bonds. The van der Waals surface area contributed by atoms with Crippen LogP contribution in [-0.2, 0) is 11.2 Å². The third kappa shape index (κ3) is 5.89. The first-order chi connectivity index (χ1) is 11.6. The number of carbonyl (C=O) groups is 1. The standard InChI is InChI=1S/C20H24ClNO2/c1-3-19(24-18-13-11-17(21)12-14-18)20(23)22-15(2)9-10-16-7-5-4-6-8-16/h4-8,11-15,19H,3,9-10H2,1-2H3,(H,22,23)/t15-,19-/m1/s1. The predicted octanol–water partition coefficient (Wildman–Crippen LogP) is 4.63. The number of halogens is 1. The largest absolute Gasteiger partial charge is 0.481 e. The fourth-order valence-corrected chi connectivity index (χ4v) is 2.56. The fourth-order valence-electron chi connectivity index (χ4n) is 2.44. The second kappa shape index (κ2) is 9.33. The first kappa shape index (κ1) is 18.3. The average molecular weight is 346 g/mol. The third-order valence-corrected chi connectivity index (χ3v) is 4.10. The Morgan fingerprint density at radius 1 is 1.12 bits per heavy atom. The van der Waals surface area contributed by atoms with Crippen LogP contribution in [0.1, 0.15) is 32.3 Å². The highest BCUT2D eigenvalue weighted by Gasteiger charge is 2.20. The molecule has 0 bridgehead atoms. The highest BCUT2D eigenvalue weighted by molar-refractivity contribution is 6.30. The number of rotatable bonds is 8. The molecule has 0 aliphatic heterocycles. The van der Waals surface area contributed by atoms with Gasteiger partial charge in [-0.2, -0.15) is 0 Å². The zero-order valence-electron chi connectivity index (χ0n) is 14.2. The molecule has 0 heterocycles. The third-order valence-electron chi connectivity index (χ3n) is 3.85. The summed E-state index contributed by atoms with van der Waals surface area (Å²) in [4.78, 5) is 12.4. The molecule has 0 aliphatic carbocycles. The molecule has 128 valence electrons. The Morgan fingerprint density at radius 3 is 2.42 bits per heavy atom. The van der Waals surface area contributed by atoms with E-state index >= 15 is 0 Å². The van der Waals surface area contributed by atoms with Crippen LogP contribution >= 0.6 is 11.6 Å². The summed E-state index contributed by atoms with van der Waals surface area (Å²) in [6.45, 7) is 3.96. The summed E-state index contributed by atoms with van der Waals surface area (Å²) in [5.41, 5.74) is 1.28. The van der Waals surface area contributed by atoms with E-state index in [1.807, 2.05) is 32.0 Å². The number of benzene rings is 2. The molecule has 0 aliphatic rings. The number of nitrogens with one attached hydrogen (secondary N) is 1. The first-order valence-corrected chi connectivity index (χ1v) is 8.72. The highest BCUT2D eigenvalue weighted by atomic mass is 35.5. The lowest BCUT2D eigenvalue weighted by atomic mass is 10.1. The summed E-state index contributed by atoms with van der Waals surface area (Å²) in [5, 5.41) is 3.69. The number of hydrogen-bond donors (Lipinski definition) is 1. The molecule has 0 fully saturated rings. The van der Waals surface area contributed by atoms with Gasteiger partial charge in [0, 0.05) is 11.1 Å². The van der Waals surface area contributed by atoms with Crippen molar-refractivity contribution in [2.24, 2.45) is 0 Å². The molecule has 2 rings (SSSR count). The number of hydrogen-bond acceptors (Lipinski definition) is 2. The number of amides is 1. The molecule has 0 radical (unpaired) electrons. The van der Waals surface area contributed by atoms with Gasteiger partial charge in [-0.15, -0.1) is 0 Å². The van der Waals surface area contributed by atoms with Crippen LogP contribution in [0.15, 0.2) is 54.6 Å². The van der Waals surface area contributed by atoms with Gasteiger partial charge in [0.25, 0.3) is 5.91 Å². The van der Waals surface area contributed by atoms with Crippen molar-refractivity contribution >= 4 is 17.5 Å². The van der Waals surface area contributed by atoms with Crippen molar-refractivity contribution in [2.45, 2.75) is 45.3 Å². The quantitative estimate of drug-likeness (QED) is 0.757. The van der Waals surface area contributed by atoms with Crippen LogP contribution in [0.3, 0.4) is 0 Å². The van der Waals surface area contributed by atoms with Crippen LogP contribution < -0.4 is 10.1 Å². The van der Waals surface area contributed by atoms with E-state index in [2.05, 4.69) is 17.4 Å². The van der Waals surface area contributed by atoms with Crippen LogP contribution in [0.5, 0.6) is 5.75 Å². The minimum atomic E-state index is -0.495. The molecule has 0 saturated heterocycles. The van der Waals surface area contributed by atoms with Crippen molar-refractivity contribution in [3.8, 4) is 5.75 Å². The summed E-state index contributed by atoms with van der Waals surface area (Å²) < 4.78 is 5.77. The van der Waals surface area contributed by atoms with Crippen molar-refractivity contribution < 1.29 is 9.53 Å². The average Bonchev–Trinajstić information content (AvgIpc) is 2.60. The molecule has 0 aromatic heterocycles. The minimum absolute atomic E-state index is 0.0759. The molecule has 2 aromatic carbocycles. The van der Waals surface area contributed by atoms with E-state index in [1.54, 1.807) is 24.3 Å². The molecule has 1 N–H and O–H groups in total. The van der Waals surface area contributed by atoms with Crippen LogP contribution in [0.4, 0.5) is 0 Å². The summed E-state index contributed by atoms with van der Waals surface area (Å²) in [6, 6.07) is 17.4. The topological polar surface area (TPSA) is 38.3 Å². The Balaban J connectivity index is 1.83. The normalized spacial score (nSPS) is 13.1. The summed E-state index contributed by atoms with van der Waals surface area (Å²) in [5.74, 6) is 0.575. The molecule has 24 heavy (non-hydrogen) atoms. The zero-order chi connectivity index (χ0) is 17.4. The molecule has 2 aromatic rings. The van der Waals surface area contributed by atoms with Gasteiger partial charge in [0.2, 0.25) is 0 Å². The molecule has 4 heteroatoms. The molecule has 0 spiro atoms. The van der Waals surface area contributed by atoms with Crippen LogP contribution in [0.2, 0.25) is 5.02 Å². The van der Waals surface area contributed by atoms with E-state index in [1.165, 1.54) is 5.56 Å². The van der Waals surface area contributed by atoms with Gasteiger partial charge in [-0.3, -0.25) is 4.79 Å². The van der Waals surface area contributed by atoms with E-state index in [-0.39, 0.29) is 11.9 Å². The van der Waals surface area contributed by atoms with E-state index in [0.29, 0.717) is 17.2 Å². The Kier molecular flexibility index (Phi) is 7.13. The van der Waals surface area contributed by atoms with Gasteiger partial charge in [0.1, 0.15) is 5.75 Å². The van der Waals surface area contributed by atoms with Crippen molar-refractivity contribution in [1.82, 2.24) is 5.32 Å². The number of ether oxygens (including phenoxy) is 1. The zero-order valence-corrected chi connectivity index (χ0v) is 14.9. The summed E-state index contributed by atoms with van der Waals surface area (Å²) in [6.07, 6.45) is 1.95. The van der Waals surface area contributed by atoms with Crippen molar-refractivity contribution in [1.29, 1.82) is 0 Å². The summed E-state index contributed by atoms with van der Waals surface area (Å²) in [7, 11) is 0. The maximum Gasteiger partial charge on any atom is 0.261 e. The van der Waals surface area contributed by atoms with Crippen LogP contribution in [0, 0.1) is 0 Å². The monoisotopic (exact) mass is 345 g/mol.